The summed E-state index contributed by atoms with van der Waals surface area (Å²) >= 11 is 0. The molecule has 5 heteroatoms. The third kappa shape index (κ3) is 4.73. The molecule has 0 aromatic carbocycles. The first-order valence-corrected chi connectivity index (χ1v) is 6.98. The predicted molar refractivity (Wildman–Crippen MR) is 74.0 cm³/mol. The number of hydrogen-bond donors (Lipinski definition) is 2. The van der Waals surface area contributed by atoms with Gasteiger partial charge in [0.05, 0.1) is 6.42 Å². The Hall–Kier alpha value is -1.26. The molecule has 110 valence electrons. The fraction of sp³-hybridized carbons (Fsp3) is 0.857. The van der Waals surface area contributed by atoms with Crippen molar-refractivity contribution in [1.29, 1.82) is 0 Å². The number of urea groups is 1. The highest BCUT2D eigenvalue weighted by Crippen LogP contribution is 2.25. The van der Waals surface area contributed by atoms with Crippen LogP contribution in [0, 0.1) is 11.3 Å². The molecule has 1 rings (SSSR count). The second kappa shape index (κ2) is 6.26. The van der Waals surface area contributed by atoms with Crippen molar-refractivity contribution in [3.05, 3.63) is 0 Å². The summed E-state index contributed by atoms with van der Waals surface area (Å²) in [6.45, 7) is 9.83. The van der Waals surface area contributed by atoms with Crippen LogP contribution in [-0.2, 0) is 4.79 Å². The van der Waals surface area contributed by atoms with E-state index >= 15 is 0 Å². The van der Waals surface area contributed by atoms with Crippen LogP contribution in [0.4, 0.5) is 4.79 Å². The molecule has 19 heavy (non-hydrogen) atoms. The number of nitrogens with one attached hydrogen (secondary N) is 1. The van der Waals surface area contributed by atoms with E-state index in [4.69, 9.17) is 5.11 Å². The van der Waals surface area contributed by atoms with Crippen molar-refractivity contribution in [1.82, 2.24) is 10.2 Å². The third-order valence-electron chi connectivity index (χ3n) is 4.09. The molecule has 0 bridgehead atoms. The smallest absolute Gasteiger partial charge is 0.317 e. The number of carbonyl (C=O) groups excluding carboxylic acids is 1. The Bertz CT molecular complexity index is 336. The molecule has 1 heterocycles. The molecule has 1 aliphatic rings. The van der Waals surface area contributed by atoms with Gasteiger partial charge in [0.15, 0.2) is 0 Å². The number of hydrogen-bond acceptors (Lipinski definition) is 2. The quantitative estimate of drug-likeness (QED) is 0.823. The van der Waals surface area contributed by atoms with Gasteiger partial charge in [-0.05, 0) is 24.2 Å². The highest BCUT2D eigenvalue weighted by Gasteiger charge is 2.30. The molecule has 0 aromatic rings. The zero-order chi connectivity index (χ0) is 14.6. The maximum atomic E-state index is 12.1. The Labute approximate surface area is 115 Å². The summed E-state index contributed by atoms with van der Waals surface area (Å²) in [5.74, 6) is -0.468. The Morgan fingerprint density at radius 3 is 2.58 bits per heavy atom. The average Bonchev–Trinajstić information content (AvgIpc) is 2.71. The molecule has 0 spiro atoms. The minimum absolute atomic E-state index is 0.0439. The number of rotatable bonds is 4. The molecule has 2 unspecified atom stereocenters. The van der Waals surface area contributed by atoms with Gasteiger partial charge < -0.3 is 15.3 Å². The van der Waals surface area contributed by atoms with Crippen molar-refractivity contribution in [2.24, 2.45) is 11.3 Å². The van der Waals surface area contributed by atoms with Crippen LogP contribution in [0.2, 0.25) is 0 Å². The summed E-state index contributed by atoms with van der Waals surface area (Å²) in [4.78, 5) is 24.5. The summed E-state index contributed by atoms with van der Waals surface area (Å²) in [5.41, 5.74) is 0.152. The van der Waals surface area contributed by atoms with E-state index in [1.165, 1.54) is 0 Å². The van der Waals surface area contributed by atoms with Gasteiger partial charge in [-0.1, -0.05) is 27.7 Å². The lowest BCUT2D eigenvalue weighted by Crippen LogP contribution is -2.45. The van der Waals surface area contributed by atoms with E-state index in [0.717, 1.165) is 12.8 Å². The fourth-order valence-corrected chi connectivity index (χ4v) is 2.16. The maximum absolute atomic E-state index is 12.1. The summed E-state index contributed by atoms with van der Waals surface area (Å²) in [5, 5.41) is 11.8. The van der Waals surface area contributed by atoms with E-state index < -0.39 is 5.97 Å². The minimum Gasteiger partial charge on any atom is -0.481 e. The maximum Gasteiger partial charge on any atom is 0.317 e. The molecule has 1 fully saturated rings. The van der Waals surface area contributed by atoms with Crippen molar-refractivity contribution in [2.45, 2.75) is 53.0 Å². The van der Waals surface area contributed by atoms with Crippen LogP contribution in [0.15, 0.2) is 0 Å². The minimum atomic E-state index is -0.840. The molecule has 2 amide bonds. The van der Waals surface area contributed by atoms with Crippen LogP contribution >= 0.6 is 0 Å². The normalized spacial score (nSPS) is 21.3. The highest BCUT2D eigenvalue weighted by atomic mass is 16.4. The molecule has 0 aliphatic carbocycles. The van der Waals surface area contributed by atoms with E-state index in [1.807, 2.05) is 0 Å². The zero-order valence-corrected chi connectivity index (χ0v) is 12.4. The number of carboxylic acids is 1. The van der Waals surface area contributed by atoms with Gasteiger partial charge in [-0.15, -0.1) is 0 Å². The second-order valence-corrected chi connectivity index (χ2v) is 6.54. The molecular formula is C14H26N2O3. The zero-order valence-electron chi connectivity index (χ0n) is 12.4. The largest absolute Gasteiger partial charge is 0.481 e. The number of aliphatic carboxylic acids is 1. The molecule has 2 atom stereocenters. The van der Waals surface area contributed by atoms with Gasteiger partial charge in [0, 0.05) is 19.1 Å². The van der Waals surface area contributed by atoms with Crippen molar-refractivity contribution in [3.63, 3.8) is 0 Å². The van der Waals surface area contributed by atoms with Gasteiger partial charge in [0.2, 0.25) is 0 Å². The van der Waals surface area contributed by atoms with Crippen LogP contribution in [-0.4, -0.2) is 41.1 Å². The van der Waals surface area contributed by atoms with Gasteiger partial charge in [0.25, 0.3) is 0 Å². The summed E-state index contributed by atoms with van der Waals surface area (Å²) < 4.78 is 0. The van der Waals surface area contributed by atoms with E-state index in [9.17, 15) is 9.59 Å². The first-order chi connectivity index (χ1) is 8.71. The Morgan fingerprint density at radius 2 is 2.05 bits per heavy atom. The van der Waals surface area contributed by atoms with Gasteiger partial charge in [-0.2, -0.15) is 0 Å². The molecule has 2 N–H and O–H groups in total. The number of nitrogens with zero attached hydrogens (tertiary/aromatic N) is 1. The molecule has 0 aromatic heterocycles. The topological polar surface area (TPSA) is 69.6 Å². The Kier molecular flexibility index (Phi) is 5.20. The van der Waals surface area contributed by atoms with E-state index in [0.29, 0.717) is 19.0 Å². The van der Waals surface area contributed by atoms with Crippen LogP contribution in [0.25, 0.3) is 0 Å². The average molecular weight is 270 g/mol. The third-order valence-corrected chi connectivity index (χ3v) is 4.09. The second-order valence-electron chi connectivity index (χ2n) is 6.54. The number of amides is 2. The Morgan fingerprint density at radius 1 is 1.42 bits per heavy atom. The van der Waals surface area contributed by atoms with E-state index in [-0.39, 0.29) is 23.9 Å². The van der Waals surface area contributed by atoms with Crippen LogP contribution in [0.1, 0.15) is 47.0 Å². The van der Waals surface area contributed by atoms with Crippen molar-refractivity contribution >= 4 is 12.0 Å². The fourth-order valence-electron chi connectivity index (χ4n) is 2.16. The number of carboxylic acid groups (broad SMARTS) is 1. The van der Waals surface area contributed by atoms with Crippen molar-refractivity contribution < 1.29 is 14.7 Å². The lowest BCUT2D eigenvalue weighted by atomic mass is 9.82. The lowest BCUT2D eigenvalue weighted by Gasteiger charge is -2.29. The van der Waals surface area contributed by atoms with Crippen molar-refractivity contribution in [2.75, 3.05) is 13.1 Å². The summed E-state index contributed by atoms with van der Waals surface area (Å²) in [6.07, 6.45) is 1.72. The molecule has 0 radical (unpaired) electrons. The van der Waals surface area contributed by atoms with Gasteiger partial charge in [-0.3, -0.25) is 4.79 Å². The summed E-state index contributed by atoms with van der Waals surface area (Å²) in [7, 11) is 0. The standard InChI is InChI=1S/C14H26N2O3/c1-10(14(2,3)4)9-15-13(19)16-7-5-6-11(16)8-12(17)18/h10-11H,5-9H2,1-4H3,(H,15,19)(H,17,18). The SMILES string of the molecule is CC(CNC(=O)N1CCCC1CC(=O)O)C(C)(C)C. The predicted octanol–water partition coefficient (Wildman–Crippen LogP) is 2.32. The molecule has 1 aliphatic heterocycles. The molecular weight excluding hydrogens is 244 g/mol. The van der Waals surface area contributed by atoms with Gasteiger partial charge in [-0.25, -0.2) is 4.79 Å². The monoisotopic (exact) mass is 270 g/mol. The number of carbonyl (C=O) groups is 2. The van der Waals surface area contributed by atoms with Crippen molar-refractivity contribution in [3.8, 4) is 0 Å². The van der Waals surface area contributed by atoms with Gasteiger partial charge in [0.1, 0.15) is 0 Å². The van der Waals surface area contributed by atoms with E-state index in [2.05, 4.69) is 33.0 Å². The first kappa shape index (κ1) is 15.8. The van der Waals surface area contributed by atoms with Crippen LogP contribution in [0.3, 0.4) is 0 Å². The van der Waals surface area contributed by atoms with Crippen LogP contribution < -0.4 is 5.32 Å². The molecule has 0 saturated carbocycles. The first-order valence-electron chi connectivity index (χ1n) is 6.98. The molecule has 1 saturated heterocycles. The highest BCUT2D eigenvalue weighted by molar-refractivity contribution is 5.76. The van der Waals surface area contributed by atoms with Crippen LogP contribution in [0.5, 0.6) is 0 Å². The van der Waals surface area contributed by atoms with E-state index in [1.54, 1.807) is 4.90 Å². The Balaban J connectivity index is 2.46. The summed E-state index contributed by atoms with van der Waals surface area (Å²) in [6, 6.07) is -0.276. The van der Waals surface area contributed by atoms with Gasteiger partial charge >= 0.3 is 12.0 Å². The molecule has 5 nitrogen and oxygen atoms in total. The lowest BCUT2D eigenvalue weighted by molar-refractivity contribution is -0.137. The number of likely N-dealkylation sites (tertiary alicyclic amines) is 1.